The van der Waals surface area contributed by atoms with Gasteiger partial charge in [-0.15, -0.1) is 0 Å². The van der Waals surface area contributed by atoms with Gasteiger partial charge < -0.3 is 5.11 Å². The number of halogens is 2. The zero-order valence-electron chi connectivity index (χ0n) is 12.4. The molecule has 3 rings (SSSR count). The van der Waals surface area contributed by atoms with E-state index in [0.717, 1.165) is 29.9 Å². The minimum absolute atomic E-state index is 0.134. The average Bonchev–Trinajstić information content (AvgIpc) is 3.01. The summed E-state index contributed by atoms with van der Waals surface area (Å²) in [6.07, 6.45) is 0.336. The van der Waals surface area contributed by atoms with Crippen molar-refractivity contribution in [2.75, 3.05) is 13.1 Å². The van der Waals surface area contributed by atoms with Gasteiger partial charge in [-0.2, -0.15) is 5.10 Å². The van der Waals surface area contributed by atoms with Crippen molar-refractivity contribution in [3.63, 3.8) is 0 Å². The lowest BCUT2D eigenvalue weighted by Crippen LogP contribution is -2.21. The van der Waals surface area contributed by atoms with Gasteiger partial charge in [-0.05, 0) is 43.2 Å². The molecule has 1 aromatic carbocycles. The summed E-state index contributed by atoms with van der Waals surface area (Å²) >= 11 is 6.11. The number of nitrogens with one attached hydrogen (secondary N) is 1. The molecular formula is C16H19ClFN3O. The van der Waals surface area contributed by atoms with E-state index in [1.807, 2.05) is 13.0 Å². The highest BCUT2D eigenvalue weighted by atomic mass is 35.5. The van der Waals surface area contributed by atoms with E-state index < -0.39 is 6.10 Å². The third-order valence-electron chi connectivity index (χ3n) is 4.11. The van der Waals surface area contributed by atoms with Crippen molar-refractivity contribution < 1.29 is 9.50 Å². The number of hydrogen-bond acceptors (Lipinski definition) is 3. The highest BCUT2D eigenvalue weighted by molar-refractivity contribution is 6.31. The molecule has 0 unspecified atom stereocenters. The molecule has 1 aromatic heterocycles. The van der Waals surface area contributed by atoms with Crippen LogP contribution in [0.2, 0.25) is 5.02 Å². The van der Waals surface area contributed by atoms with Crippen molar-refractivity contribution in [3.8, 4) is 0 Å². The molecule has 2 aromatic rings. The number of β-amino-alcohol motifs (C(OH)–C–C–N with tert-alkyl or cyclic N) is 1. The summed E-state index contributed by atoms with van der Waals surface area (Å²) in [7, 11) is 0. The van der Waals surface area contributed by atoms with Gasteiger partial charge in [0.1, 0.15) is 5.82 Å². The van der Waals surface area contributed by atoms with Gasteiger partial charge >= 0.3 is 0 Å². The van der Waals surface area contributed by atoms with Crippen LogP contribution in [0, 0.1) is 18.7 Å². The average molecular weight is 324 g/mol. The zero-order valence-corrected chi connectivity index (χ0v) is 13.1. The SMILES string of the molecule is Cc1cc(C[C@@H]2CN(Cc3cc(F)ccc3Cl)C[C@@H]2O)n[nH]1. The second-order valence-corrected chi connectivity index (χ2v) is 6.41. The highest BCUT2D eigenvalue weighted by Crippen LogP contribution is 2.25. The Bertz CT molecular complexity index is 661. The lowest BCUT2D eigenvalue weighted by Gasteiger charge is -2.16. The number of benzene rings is 1. The van der Waals surface area contributed by atoms with Gasteiger partial charge in [0.25, 0.3) is 0 Å². The van der Waals surface area contributed by atoms with E-state index in [1.54, 1.807) is 6.07 Å². The molecule has 0 aliphatic carbocycles. The lowest BCUT2D eigenvalue weighted by atomic mass is 10.0. The first-order valence-corrected chi connectivity index (χ1v) is 7.74. The Morgan fingerprint density at radius 2 is 2.23 bits per heavy atom. The summed E-state index contributed by atoms with van der Waals surface area (Å²) in [6, 6.07) is 6.38. The first kappa shape index (κ1) is 15.5. The molecule has 0 saturated carbocycles. The molecule has 6 heteroatoms. The van der Waals surface area contributed by atoms with E-state index in [4.69, 9.17) is 11.6 Å². The number of nitrogens with zero attached hydrogens (tertiary/aromatic N) is 2. The molecule has 2 atom stereocenters. The highest BCUT2D eigenvalue weighted by Gasteiger charge is 2.32. The van der Waals surface area contributed by atoms with Crippen LogP contribution in [-0.2, 0) is 13.0 Å². The number of aryl methyl sites for hydroxylation is 1. The predicted molar refractivity (Wildman–Crippen MR) is 83.2 cm³/mol. The number of likely N-dealkylation sites (tertiary alicyclic amines) is 1. The largest absolute Gasteiger partial charge is 0.391 e. The number of rotatable bonds is 4. The Balaban J connectivity index is 1.64. The topological polar surface area (TPSA) is 52.1 Å². The molecule has 2 heterocycles. The second-order valence-electron chi connectivity index (χ2n) is 6.00. The lowest BCUT2D eigenvalue weighted by molar-refractivity contribution is 0.140. The maximum absolute atomic E-state index is 13.3. The molecule has 118 valence electrons. The first-order chi connectivity index (χ1) is 10.5. The van der Waals surface area contributed by atoms with Gasteiger partial charge in [-0.25, -0.2) is 4.39 Å². The van der Waals surface area contributed by atoms with E-state index >= 15 is 0 Å². The van der Waals surface area contributed by atoms with Crippen molar-refractivity contribution in [1.29, 1.82) is 0 Å². The molecular weight excluding hydrogens is 305 g/mol. The van der Waals surface area contributed by atoms with E-state index in [-0.39, 0.29) is 11.7 Å². The standard InChI is InChI=1S/C16H19ClFN3O/c1-10-4-14(20-19-10)6-12-8-21(9-16(12)22)7-11-5-13(18)2-3-15(11)17/h2-5,12,16,22H,6-9H2,1H3,(H,19,20)/t12-,16+/m1/s1. The fourth-order valence-electron chi connectivity index (χ4n) is 3.02. The summed E-state index contributed by atoms with van der Waals surface area (Å²) in [5.41, 5.74) is 2.74. The second kappa shape index (κ2) is 6.36. The molecule has 0 bridgehead atoms. The predicted octanol–water partition coefficient (Wildman–Crippen LogP) is 2.55. The Morgan fingerprint density at radius 1 is 1.41 bits per heavy atom. The minimum atomic E-state index is -0.399. The molecule has 0 amide bonds. The van der Waals surface area contributed by atoms with Crippen LogP contribution in [0.15, 0.2) is 24.3 Å². The Morgan fingerprint density at radius 3 is 2.95 bits per heavy atom. The molecule has 1 aliphatic heterocycles. The van der Waals surface area contributed by atoms with Crippen LogP contribution < -0.4 is 0 Å². The molecule has 0 radical (unpaired) electrons. The zero-order chi connectivity index (χ0) is 15.7. The third kappa shape index (κ3) is 3.48. The monoisotopic (exact) mass is 323 g/mol. The maximum Gasteiger partial charge on any atom is 0.123 e. The first-order valence-electron chi connectivity index (χ1n) is 7.36. The van der Waals surface area contributed by atoms with Gasteiger partial charge in [0, 0.05) is 36.3 Å². The van der Waals surface area contributed by atoms with Crippen LogP contribution in [0.5, 0.6) is 0 Å². The summed E-state index contributed by atoms with van der Waals surface area (Å²) in [4.78, 5) is 2.11. The Hall–Kier alpha value is -1.43. The van der Waals surface area contributed by atoms with Gasteiger partial charge in [0.2, 0.25) is 0 Å². The van der Waals surface area contributed by atoms with E-state index in [9.17, 15) is 9.50 Å². The van der Waals surface area contributed by atoms with E-state index in [2.05, 4.69) is 15.1 Å². The van der Waals surface area contributed by atoms with Gasteiger partial charge in [0.05, 0.1) is 11.8 Å². The summed E-state index contributed by atoms with van der Waals surface area (Å²) in [5, 5.41) is 17.9. The van der Waals surface area contributed by atoms with Crippen molar-refractivity contribution >= 4 is 11.6 Å². The number of aliphatic hydroxyl groups is 1. The van der Waals surface area contributed by atoms with Gasteiger partial charge in [-0.1, -0.05) is 11.6 Å². The van der Waals surface area contributed by atoms with Crippen LogP contribution in [0.1, 0.15) is 17.0 Å². The number of aromatic amines is 1. The van der Waals surface area contributed by atoms with Crippen LogP contribution in [0.25, 0.3) is 0 Å². The molecule has 1 aliphatic rings. The van der Waals surface area contributed by atoms with Crippen molar-refractivity contribution in [1.82, 2.24) is 15.1 Å². The van der Waals surface area contributed by atoms with Crippen LogP contribution in [-0.4, -0.2) is 39.4 Å². The number of aromatic nitrogens is 2. The fourth-order valence-corrected chi connectivity index (χ4v) is 3.20. The fraction of sp³-hybridized carbons (Fsp3) is 0.438. The molecule has 1 fully saturated rings. The molecule has 4 nitrogen and oxygen atoms in total. The Labute approximate surface area is 133 Å². The summed E-state index contributed by atoms with van der Waals surface area (Å²) in [5.74, 6) is -0.155. The van der Waals surface area contributed by atoms with Crippen LogP contribution >= 0.6 is 11.6 Å². The smallest absolute Gasteiger partial charge is 0.123 e. The van der Waals surface area contributed by atoms with Crippen molar-refractivity contribution in [2.45, 2.75) is 26.0 Å². The van der Waals surface area contributed by atoms with Crippen molar-refractivity contribution in [3.05, 3.63) is 52.1 Å². The van der Waals surface area contributed by atoms with E-state index in [0.29, 0.717) is 18.1 Å². The third-order valence-corrected chi connectivity index (χ3v) is 4.48. The minimum Gasteiger partial charge on any atom is -0.391 e. The molecule has 1 saturated heterocycles. The van der Waals surface area contributed by atoms with Crippen LogP contribution in [0.3, 0.4) is 0 Å². The maximum atomic E-state index is 13.3. The quantitative estimate of drug-likeness (QED) is 0.909. The molecule has 0 spiro atoms. The van der Waals surface area contributed by atoms with Crippen LogP contribution in [0.4, 0.5) is 4.39 Å². The van der Waals surface area contributed by atoms with Gasteiger partial charge in [-0.3, -0.25) is 10.00 Å². The summed E-state index contributed by atoms with van der Waals surface area (Å²) < 4.78 is 13.3. The summed E-state index contributed by atoms with van der Waals surface area (Å²) in [6.45, 7) is 3.82. The molecule has 22 heavy (non-hydrogen) atoms. The van der Waals surface area contributed by atoms with Crippen molar-refractivity contribution in [2.24, 2.45) is 5.92 Å². The normalized spacial score (nSPS) is 22.4. The Kier molecular flexibility index (Phi) is 4.47. The number of aliphatic hydroxyl groups excluding tert-OH is 1. The van der Waals surface area contributed by atoms with Gasteiger partial charge in [0.15, 0.2) is 0 Å². The van der Waals surface area contributed by atoms with E-state index in [1.165, 1.54) is 12.1 Å². The number of H-pyrrole nitrogens is 1. The molecule has 2 N–H and O–H groups in total. The number of hydrogen-bond donors (Lipinski definition) is 2.